The number of anilines is 1. The number of hydrogen-bond acceptors (Lipinski definition) is 2. The molecule has 0 radical (unpaired) electrons. The van der Waals surface area contributed by atoms with Crippen LogP contribution in [0.1, 0.15) is 32.3 Å². The zero-order valence-electron chi connectivity index (χ0n) is 10.3. The van der Waals surface area contributed by atoms with Crippen molar-refractivity contribution >= 4 is 17.3 Å². The lowest BCUT2D eigenvalue weighted by molar-refractivity contribution is 0.475. The second kappa shape index (κ2) is 6.74. The Labute approximate surface area is 103 Å². The Morgan fingerprint density at radius 3 is 2.62 bits per heavy atom. The second-order valence-electron chi connectivity index (χ2n) is 4.16. The number of aryl methyl sites for hydroxylation is 1. The molecule has 1 heterocycles. The topological polar surface area (TPSA) is 24.9 Å². The lowest BCUT2D eigenvalue weighted by Crippen LogP contribution is -2.23. The van der Waals surface area contributed by atoms with Crippen LogP contribution in [0.4, 0.5) is 5.69 Å². The van der Waals surface area contributed by atoms with Crippen LogP contribution in [0, 0.1) is 12.8 Å². The molecule has 1 aromatic heterocycles. The Kier molecular flexibility index (Phi) is 5.61. The van der Waals surface area contributed by atoms with Crippen molar-refractivity contribution in [3.63, 3.8) is 0 Å². The number of alkyl halides is 1. The van der Waals surface area contributed by atoms with Crippen molar-refractivity contribution in [2.45, 2.75) is 39.0 Å². The van der Waals surface area contributed by atoms with Gasteiger partial charge >= 0.3 is 0 Å². The summed E-state index contributed by atoms with van der Waals surface area (Å²) in [5.74, 6) is 0.594. The van der Waals surface area contributed by atoms with Crippen LogP contribution in [-0.2, 0) is 0 Å². The molecule has 0 amide bonds. The first-order valence-corrected chi connectivity index (χ1v) is 6.41. The monoisotopic (exact) mass is 240 g/mol. The summed E-state index contributed by atoms with van der Waals surface area (Å²) in [6, 6.07) is 1.99. The quantitative estimate of drug-likeness (QED) is 0.765. The summed E-state index contributed by atoms with van der Waals surface area (Å²) >= 11 is 6.37. The van der Waals surface area contributed by atoms with Crippen LogP contribution in [0.25, 0.3) is 0 Å². The summed E-state index contributed by atoms with van der Waals surface area (Å²) in [6.07, 6.45) is 5.95. The Bertz CT molecular complexity index is 311. The van der Waals surface area contributed by atoms with Crippen molar-refractivity contribution in [2.24, 2.45) is 5.92 Å². The number of hydrogen-bond donors (Lipinski definition) is 1. The molecule has 2 nitrogen and oxygen atoms in total. The fraction of sp³-hybridized carbons (Fsp3) is 0.615. The largest absolute Gasteiger partial charge is 0.383 e. The maximum absolute atomic E-state index is 6.37. The van der Waals surface area contributed by atoms with Crippen molar-refractivity contribution in [1.29, 1.82) is 0 Å². The number of pyridine rings is 1. The first kappa shape index (κ1) is 13.3. The van der Waals surface area contributed by atoms with Crippen molar-refractivity contribution in [3.8, 4) is 0 Å². The van der Waals surface area contributed by atoms with Crippen molar-refractivity contribution in [3.05, 3.63) is 24.0 Å². The van der Waals surface area contributed by atoms with Gasteiger partial charge in [-0.05, 0) is 24.5 Å². The molecule has 0 saturated carbocycles. The number of nitrogens with one attached hydrogen (secondary N) is 1. The van der Waals surface area contributed by atoms with Gasteiger partial charge in [0.15, 0.2) is 0 Å². The summed E-state index contributed by atoms with van der Waals surface area (Å²) in [5, 5.41) is 3.59. The maximum Gasteiger partial charge on any atom is 0.0536 e. The Balaban J connectivity index is 2.48. The highest BCUT2D eigenvalue weighted by molar-refractivity contribution is 6.21. The fourth-order valence-corrected chi connectivity index (χ4v) is 2.28. The third-order valence-corrected chi connectivity index (χ3v) is 3.58. The summed E-state index contributed by atoms with van der Waals surface area (Å²) in [6.45, 7) is 7.26. The summed E-state index contributed by atoms with van der Waals surface area (Å²) in [4.78, 5) is 4.07. The SMILES string of the molecule is CCC(CC)C(Cl)CNc1ccncc1C. The minimum absolute atomic E-state index is 0.197. The van der Waals surface area contributed by atoms with Crippen LogP contribution in [0.2, 0.25) is 0 Å². The molecule has 0 saturated heterocycles. The zero-order valence-corrected chi connectivity index (χ0v) is 11.1. The van der Waals surface area contributed by atoms with Crippen LogP contribution in [0.3, 0.4) is 0 Å². The van der Waals surface area contributed by atoms with Crippen LogP contribution < -0.4 is 5.32 Å². The Hall–Kier alpha value is -0.760. The lowest BCUT2D eigenvalue weighted by Gasteiger charge is -2.20. The molecule has 0 bridgehead atoms. The predicted octanol–water partition coefficient (Wildman–Crippen LogP) is 3.85. The van der Waals surface area contributed by atoms with Gasteiger partial charge in [0.25, 0.3) is 0 Å². The van der Waals surface area contributed by atoms with Crippen molar-refractivity contribution < 1.29 is 0 Å². The first-order valence-electron chi connectivity index (χ1n) is 5.97. The van der Waals surface area contributed by atoms with E-state index in [9.17, 15) is 0 Å². The minimum atomic E-state index is 0.197. The fourth-order valence-electron chi connectivity index (χ4n) is 1.85. The lowest BCUT2D eigenvalue weighted by atomic mass is 9.99. The normalized spacial score (nSPS) is 12.8. The average Bonchev–Trinajstić information content (AvgIpc) is 2.29. The van der Waals surface area contributed by atoms with E-state index in [0.29, 0.717) is 5.92 Å². The maximum atomic E-state index is 6.37. The molecule has 0 fully saturated rings. The van der Waals surface area contributed by atoms with E-state index in [1.807, 2.05) is 12.3 Å². The van der Waals surface area contributed by atoms with E-state index in [-0.39, 0.29) is 5.38 Å². The molecular weight excluding hydrogens is 220 g/mol. The highest BCUT2D eigenvalue weighted by Crippen LogP contribution is 2.20. The van der Waals surface area contributed by atoms with E-state index < -0.39 is 0 Å². The molecule has 90 valence electrons. The third-order valence-electron chi connectivity index (χ3n) is 3.07. The van der Waals surface area contributed by atoms with Gasteiger partial charge in [0.1, 0.15) is 0 Å². The molecule has 0 spiro atoms. The molecule has 0 aliphatic carbocycles. The summed E-state index contributed by atoms with van der Waals surface area (Å²) in [5.41, 5.74) is 2.29. The molecule has 0 aliphatic rings. The van der Waals surface area contributed by atoms with Gasteiger partial charge in [-0.1, -0.05) is 26.7 Å². The molecule has 1 unspecified atom stereocenters. The van der Waals surface area contributed by atoms with E-state index in [2.05, 4.69) is 31.1 Å². The van der Waals surface area contributed by atoms with Crippen LogP contribution in [-0.4, -0.2) is 16.9 Å². The van der Waals surface area contributed by atoms with E-state index in [4.69, 9.17) is 11.6 Å². The summed E-state index contributed by atoms with van der Waals surface area (Å²) in [7, 11) is 0. The van der Waals surface area contributed by atoms with Crippen LogP contribution in [0.15, 0.2) is 18.5 Å². The van der Waals surface area contributed by atoms with E-state index >= 15 is 0 Å². The number of rotatable bonds is 6. The molecule has 0 aliphatic heterocycles. The molecular formula is C13H21ClN2. The van der Waals surface area contributed by atoms with Crippen molar-refractivity contribution in [2.75, 3.05) is 11.9 Å². The molecule has 16 heavy (non-hydrogen) atoms. The number of nitrogens with zero attached hydrogens (tertiary/aromatic N) is 1. The van der Waals surface area contributed by atoms with E-state index in [1.54, 1.807) is 6.20 Å². The third kappa shape index (κ3) is 3.67. The Morgan fingerprint density at radius 1 is 1.38 bits per heavy atom. The molecule has 3 heteroatoms. The predicted molar refractivity (Wildman–Crippen MR) is 71.2 cm³/mol. The standard InChI is InChI=1S/C13H21ClN2/c1-4-11(5-2)12(14)9-16-13-6-7-15-8-10(13)3/h6-8,11-12H,4-5,9H2,1-3H3,(H,15,16). The first-order chi connectivity index (χ1) is 7.69. The van der Waals surface area contributed by atoms with Gasteiger partial charge < -0.3 is 5.32 Å². The molecule has 1 atom stereocenters. The molecule has 0 aromatic carbocycles. The highest BCUT2D eigenvalue weighted by atomic mass is 35.5. The molecule has 1 N–H and O–H groups in total. The van der Waals surface area contributed by atoms with Gasteiger partial charge in [-0.2, -0.15) is 0 Å². The zero-order chi connectivity index (χ0) is 12.0. The van der Waals surface area contributed by atoms with Gasteiger partial charge in [0.2, 0.25) is 0 Å². The average molecular weight is 241 g/mol. The van der Waals surface area contributed by atoms with Gasteiger partial charge in [0, 0.05) is 24.6 Å². The second-order valence-corrected chi connectivity index (χ2v) is 4.72. The number of aromatic nitrogens is 1. The van der Waals surface area contributed by atoms with E-state index in [1.165, 1.54) is 0 Å². The molecule has 1 aromatic rings. The van der Waals surface area contributed by atoms with E-state index in [0.717, 1.165) is 30.6 Å². The highest BCUT2D eigenvalue weighted by Gasteiger charge is 2.15. The van der Waals surface area contributed by atoms with Gasteiger partial charge in [0.05, 0.1) is 5.38 Å². The smallest absolute Gasteiger partial charge is 0.0536 e. The van der Waals surface area contributed by atoms with Gasteiger partial charge in [-0.25, -0.2) is 0 Å². The van der Waals surface area contributed by atoms with Crippen LogP contribution in [0.5, 0.6) is 0 Å². The van der Waals surface area contributed by atoms with Crippen LogP contribution >= 0.6 is 11.6 Å². The summed E-state index contributed by atoms with van der Waals surface area (Å²) < 4.78 is 0. The minimum Gasteiger partial charge on any atom is -0.383 e. The van der Waals surface area contributed by atoms with Gasteiger partial charge in [-0.3, -0.25) is 4.98 Å². The number of halogens is 1. The Morgan fingerprint density at radius 2 is 2.06 bits per heavy atom. The van der Waals surface area contributed by atoms with Gasteiger partial charge in [-0.15, -0.1) is 11.6 Å². The van der Waals surface area contributed by atoms with Crippen molar-refractivity contribution in [1.82, 2.24) is 4.98 Å². The molecule has 1 rings (SSSR count).